The molecule has 0 aromatic heterocycles. The number of methoxy groups -OCH3 is 1. The number of amides is 3. The van der Waals surface area contributed by atoms with Crippen LogP contribution in [0.25, 0.3) is 0 Å². The number of nitro groups is 1. The summed E-state index contributed by atoms with van der Waals surface area (Å²) in [6.45, 7) is 5.19. The summed E-state index contributed by atoms with van der Waals surface area (Å²) in [6, 6.07) is -1.82. The summed E-state index contributed by atoms with van der Waals surface area (Å²) in [5, 5.41) is 14.5. The summed E-state index contributed by atoms with van der Waals surface area (Å²) in [7, 11) is 1.17. The lowest BCUT2D eigenvalue weighted by Gasteiger charge is -2.33. The van der Waals surface area contributed by atoms with E-state index >= 15 is 0 Å². The van der Waals surface area contributed by atoms with Crippen LogP contribution in [0.2, 0.25) is 0 Å². The predicted octanol–water partition coefficient (Wildman–Crippen LogP) is -0.964. The molecule has 1 aliphatic heterocycles. The van der Waals surface area contributed by atoms with Gasteiger partial charge in [-0.1, -0.05) is 5.43 Å². The highest BCUT2D eigenvalue weighted by atomic mass is 16.7. The average Bonchev–Trinajstić information content (AvgIpc) is 2.70. The van der Waals surface area contributed by atoms with Crippen LogP contribution in [-0.4, -0.2) is 84.2 Å². The van der Waals surface area contributed by atoms with Crippen LogP contribution in [0.5, 0.6) is 0 Å². The zero-order valence-corrected chi connectivity index (χ0v) is 19.8. The van der Waals surface area contributed by atoms with Crippen molar-refractivity contribution in [3.8, 4) is 0 Å². The molecule has 0 saturated carbocycles. The van der Waals surface area contributed by atoms with Crippen molar-refractivity contribution in [1.29, 1.82) is 0 Å². The number of hydrogen-bond acceptors (Lipinski definition) is 9. The van der Waals surface area contributed by atoms with Gasteiger partial charge in [-0.05, 0) is 46.5 Å². The number of hydrogen-bond donors (Lipinski definition) is 4. The van der Waals surface area contributed by atoms with Crippen LogP contribution in [0.4, 0.5) is 4.79 Å². The van der Waals surface area contributed by atoms with Crippen molar-refractivity contribution in [2.75, 3.05) is 26.7 Å². The molecular weight excluding hydrogens is 454 g/mol. The summed E-state index contributed by atoms with van der Waals surface area (Å²) in [5.41, 5.74) is 6.28. The van der Waals surface area contributed by atoms with E-state index in [2.05, 4.69) is 15.6 Å². The molecule has 0 aromatic rings. The third-order valence-electron chi connectivity index (χ3n) is 4.52. The molecule has 1 fully saturated rings. The number of nitrogens with zero attached hydrogens (tertiary/aromatic N) is 3. The van der Waals surface area contributed by atoms with Gasteiger partial charge in [-0.3, -0.25) is 9.59 Å². The Morgan fingerprint density at radius 2 is 2.03 bits per heavy atom. The molecule has 0 radical (unpaired) electrons. The maximum atomic E-state index is 12.7. The van der Waals surface area contributed by atoms with Crippen LogP contribution in [0.15, 0.2) is 4.99 Å². The smallest absolute Gasteiger partial charge is 0.408 e. The molecule has 15 nitrogen and oxygen atoms in total. The number of esters is 1. The number of ether oxygens (including phenoxy) is 2. The fourth-order valence-corrected chi connectivity index (χ4v) is 3.11. The van der Waals surface area contributed by atoms with Crippen molar-refractivity contribution in [1.82, 2.24) is 21.0 Å². The molecule has 192 valence electrons. The van der Waals surface area contributed by atoms with E-state index in [0.29, 0.717) is 19.4 Å². The van der Waals surface area contributed by atoms with Gasteiger partial charge in [0, 0.05) is 13.1 Å². The van der Waals surface area contributed by atoms with Crippen molar-refractivity contribution in [2.45, 2.75) is 64.1 Å². The van der Waals surface area contributed by atoms with Crippen molar-refractivity contribution < 1.29 is 33.7 Å². The van der Waals surface area contributed by atoms with Crippen LogP contribution in [0, 0.1) is 10.1 Å². The molecule has 1 unspecified atom stereocenters. The second kappa shape index (κ2) is 13.2. The minimum atomic E-state index is -1.01. The molecule has 0 aromatic carbocycles. The highest BCUT2D eigenvalue weighted by Gasteiger charge is 2.33. The van der Waals surface area contributed by atoms with Gasteiger partial charge in [0.15, 0.2) is 5.03 Å². The third kappa shape index (κ3) is 10.8. The number of carbonyl (C=O) groups excluding carboxylic acids is 4. The number of rotatable bonds is 10. The Bertz CT molecular complexity index is 796. The van der Waals surface area contributed by atoms with Crippen LogP contribution in [0.1, 0.15) is 46.5 Å². The Morgan fingerprint density at radius 3 is 2.62 bits per heavy atom. The highest BCUT2D eigenvalue weighted by molar-refractivity contribution is 5.91. The fraction of sp³-hybridized carbons (Fsp3) is 0.737. The second-order valence-corrected chi connectivity index (χ2v) is 8.52. The van der Waals surface area contributed by atoms with E-state index in [9.17, 15) is 29.3 Å². The van der Waals surface area contributed by atoms with Gasteiger partial charge in [-0.2, -0.15) is 0 Å². The summed E-state index contributed by atoms with van der Waals surface area (Å²) in [6.07, 6.45) is 0.655. The summed E-state index contributed by atoms with van der Waals surface area (Å²) in [5.74, 6) is -2.09. The topological polar surface area (TPSA) is 208 Å². The standard InChI is InChI=1S/C19H33N7O8/c1-19(2,3)34-18(30)23-12-8-6-10-25(15(12)28)11-14(27)22-13(16(29)33-4)7-5-9-21-17(20)24-26(31)32/h12-13H,5-11H2,1-4H3,(H,22,27)(H,23,30)(H3,20,21,24)/t12?,13-/m0/s1. The van der Waals surface area contributed by atoms with E-state index in [1.807, 2.05) is 0 Å². The van der Waals surface area contributed by atoms with E-state index in [4.69, 9.17) is 15.2 Å². The predicted molar refractivity (Wildman–Crippen MR) is 119 cm³/mol. The number of guanidine groups is 1. The monoisotopic (exact) mass is 487 g/mol. The summed E-state index contributed by atoms with van der Waals surface area (Å²) in [4.78, 5) is 64.5. The highest BCUT2D eigenvalue weighted by Crippen LogP contribution is 2.13. The van der Waals surface area contributed by atoms with Gasteiger partial charge in [0.25, 0.3) is 5.96 Å². The van der Waals surface area contributed by atoms with Crippen molar-refractivity contribution in [3.05, 3.63) is 10.1 Å². The molecule has 34 heavy (non-hydrogen) atoms. The van der Waals surface area contributed by atoms with Crippen LogP contribution in [-0.2, 0) is 23.9 Å². The first kappa shape index (κ1) is 28.4. The Balaban J connectivity index is 2.62. The normalized spacial score (nSPS) is 17.4. The molecule has 1 heterocycles. The van der Waals surface area contributed by atoms with Gasteiger partial charge >= 0.3 is 12.1 Å². The van der Waals surface area contributed by atoms with Crippen LogP contribution in [0.3, 0.4) is 0 Å². The first-order valence-electron chi connectivity index (χ1n) is 10.7. The number of piperidine rings is 1. The van der Waals surface area contributed by atoms with Crippen molar-refractivity contribution in [3.63, 3.8) is 0 Å². The molecule has 1 aliphatic rings. The Kier molecular flexibility index (Phi) is 11.0. The Labute approximate surface area is 196 Å². The van der Waals surface area contributed by atoms with Crippen LogP contribution < -0.4 is 21.8 Å². The minimum Gasteiger partial charge on any atom is -0.467 e. The quantitative estimate of drug-likeness (QED) is 0.0740. The average molecular weight is 488 g/mol. The maximum absolute atomic E-state index is 12.7. The number of likely N-dealkylation sites (tertiary alicyclic amines) is 1. The largest absolute Gasteiger partial charge is 0.467 e. The lowest BCUT2D eigenvalue weighted by molar-refractivity contribution is -0.525. The molecular formula is C19H33N7O8. The molecule has 1 saturated heterocycles. The van der Waals surface area contributed by atoms with Gasteiger partial charge in [-0.25, -0.2) is 24.7 Å². The molecule has 15 heteroatoms. The van der Waals surface area contributed by atoms with E-state index in [1.54, 1.807) is 26.2 Å². The number of alkyl carbamates (subject to hydrolysis) is 1. The fourth-order valence-electron chi connectivity index (χ4n) is 3.11. The first-order chi connectivity index (χ1) is 15.8. The number of nitrogens with one attached hydrogen (secondary N) is 3. The van der Waals surface area contributed by atoms with E-state index in [-0.39, 0.29) is 31.9 Å². The Morgan fingerprint density at radius 1 is 1.35 bits per heavy atom. The second-order valence-electron chi connectivity index (χ2n) is 8.52. The van der Waals surface area contributed by atoms with E-state index in [1.165, 1.54) is 12.0 Å². The summed E-state index contributed by atoms with van der Waals surface area (Å²) >= 11 is 0. The van der Waals surface area contributed by atoms with E-state index in [0.717, 1.165) is 0 Å². The zero-order chi connectivity index (χ0) is 25.9. The molecule has 5 N–H and O–H groups in total. The first-order valence-corrected chi connectivity index (χ1v) is 10.7. The lowest BCUT2D eigenvalue weighted by Crippen LogP contribution is -2.55. The van der Waals surface area contributed by atoms with Gasteiger partial charge in [-0.15, -0.1) is 0 Å². The van der Waals surface area contributed by atoms with E-state index < -0.39 is 46.6 Å². The number of carbonyl (C=O) groups is 4. The molecule has 0 spiro atoms. The molecule has 0 bridgehead atoms. The number of aliphatic imine (C=N–C) groups is 1. The van der Waals surface area contributed by atoms with Gasteiger partial charge in [0.05, 0.1) is 13.7 Å². The van der Waals surface area contributed by atoms with Crippen molar-refractivity contribution >= 4 is 29.8 Å². The molecule has 2 atom stereocenters. The Hall–Kier alpha value is -3.65. The van der Waals surface area contributed by atoms with Crippen molar-refractivity contribution in [2.24, 2.45) is 10.7 Å². The van der Waals surface area contributed by atoms with Crippen LogP contribution >= 0.6 is 0 Å². The zero-order valence-electron chi connectivity index (χ0n) is 19.8. The van der Waals surface area contributed by atoms with Gasteiger partial charge in [0.2, 0.25) is 11.8 Å². The molecule has 1 rings (SSSR count). The SMILES string of the molecule is COC(=O)[C@H](CCCN=C(N)N[N+](=O)[O-])NC(=O)CN1CCCC(NC(=O)OC(C)(C)C)C1=O. The number of hydrazine groups is 1. The maximum Gasteiger partial charge on any atom is 0.408 e. The summed E-state index contributed by atoms with van der Waals surface area (Å²) < 4.78 is 9.87. The lowest BCUT2D eigenvalue weighted by atomic mass is 10.0. The van der Waals surface area contributed by atoms with Gasteiger partial charge in [0.1, 0.15) is 17.7 Å². The van der Waals surface area contributed by atoms with Gasteiger partial charge < -0.3 is 30.7 Å². The number of nitrogens with two attached hydrogens (primary N) is 1. The minimum absolute atomic E-state index is 0.0681. The third-order valence-corrected chi connectivity index (χ3v) is 4.52. The molecule has 3 amide bonds. The molecule has 0 aliphatic carbocycles.